The molecule has 0 aliphatic carbocycles. The van der Waals surface area contributed by atoms with Crippen molar-refractivity contribution in [1.82, 2.24) is 14.8 Å². The number of methoxy groups -OCH3 is 1. The number of para-hydroxylation sites is 1. The number of hydrogen-bond acceptors (Lipinski definition) is 3. The average molecular weight is 373 g/mol. The molecule has 3 rings (SSSR count). The van der Waals surface area contributed by atoms with Crippen molar-refractivity contribution in [2.75, 3.05) is 7.11 Å². The first-order valence-electron chi connectivity index (χ1n) is 5.64. The molecule has 0 spiro atoms. The van der Waals surface area contributed by atoms with Gasteiger partial charge in [0.1, 0.15) is 15.8 Å². The van der Waals surface area contributed by atoms with Gasteiger partial charge in [0.25, 0.3) is 0 Å². The van der Waals surface area contributed by atoms with Gasteiger partial charge in [-0.25, -0.2) is 9.67 Å². The Bertz CT molecular complexity index is 783. The van der Waals surface area contributed by atoms with Crippen LogP contribution in [0.4, 0.5) is 0 Å². The third-order valence-corrected chi connectivity index (χ3v) is 4.09. The van der Waals surface area contributed by atoms with Gasteiger partial charge in [-0.1, -0.05) is 29.3 Å². The molecule has 7 heteroatoms. The summed E-state index contributed by atoms with van der Waals surface area (Å²) in [5.74, 6) is 0.588. The number of ether oxygens (including phenoxy) is 1. The van der Waals surface area contributed by atoms with Crippen molar-refractivity contribution in [3.05, 3.63) is 45.2 Å². The molecular weight excluding hydrogens is 365 g/mol. The van der Waals surface area contributed by atoms with Gasteiger partial charge in [-0.2, -0.15) is 5.10 Å². The van der Waals surface area contributed by atoms with Crippen LogP contribution in [-0.4, -0.2) is 21.9 Å². The maximum atomic E-state index is 6.20. The summed E-state index contributed by atoms with van der Waals surface area (Å²) in [7, 11) is 1.58. The van der Waals surface area contributed by atoms with Crippen molar-refractivity contribution in [1.29, 1.82) is 0 Å². The smallest absolute Gasteiger partial charge is 0.165 e. The van der Waals surface area contributed by atoms with E-state index in [-0.39, 0.29) is 0 Å². The number of halogens is 3. The quantitative estimate of drug-likeness (QED) is 0.622. The SMILES string of the molecule is COc1cnc(Br)c2cn(-c3c(Cl)cccc3Cl)nc12. The topological polar surface area (TPSA) is 39.9 Å². The maximum absolute atomic E-state index is 6.20. The Hall–Kier alpha value is -1.30. The lowest BCUT2D eigenvalue weighted by atomic mass is 10.3. The molecule has 0 radical (unpaired) electrons. The van der Waals surface area contributed by atoms with Crippen LogP contribution in [0.2, 0.25) is 10.0 Å². The van der Waals surface area contributed by atoms with Crippen molar-refractivity contribution < 1.29 is 4.74 Å². The Morgan fingerprint density at radius 1 is 1.25 bits per heavy atom. The number of aromatic nitrogens is 3. The van der Waals surface area contributed by atoms with Crippen molar-refractivity contribution in [2.45, 2.75) is 0 Å². The summed E-state index contributed by atoms with van der Waals surface area (Å²) >= 11 is 15.8. The highest BCUT2D eigenvalue weighted by atomic mass is 79.9. The van der Waals surface area contributed by atoms with Crippen molar-refractivity contribution in [2.24, 2.45) is 0 Å². The second-order valence-corrected chi connectivity index (χ2v) is 5.59. The molecule has 0 N–H and O–H groups in total. The minimum absolute atomic E-state index is 0.522. The monoisotopic (exact) mass is 371 g/mol. The second-order valence-electron chi connectivity index (χ2n) is 4.02. The highest BCUT2D eigenvalue weighted by Crippen LogP contribution is 2.33. The molecular formula is C13H8BrCl2N3O. The minimum Gasteiger partial charge on any atom is -0.493 e. The second kappa shape index (κ2) is 5.24. The summed E-state index contributed by atoms with van der Waals surface area (Å²) in [6.07, 6.45) is 3.42. The molecule has 0 aliphatic rings. The molecule has 0 atom stereocenters. The number of hydrogen-bond donors (Lipinski definition) is 0. The lowest BCUT2D eigenvalue weighted by Crippen LogP contribution is -1.96. The van der Waals surface area contributed by atoms with Gasteiger partial charge in [0, 0.05) is 6.20 Å². The van der Waals surface area contributed by atoms with E-state index in [0.717, 1.165) is 5.39 Å². The van der Waals surface area contributed by atoms with Crippen LogP contribution in [0.5, 0.6) is 5.75 Å². The number of benzene rings is 1. The normalized spacial score (nSPS) is 11.0. The van der Waals surface area contributed by atoms with Crippen LogP contribution >= 0.6 is 39.1 Å². The highest BCUT2D eigenvalue weighted by molar-refractivity contribution is 9.10. The number of nitrogens with zero attached hydrogens (tertiary/aromatic N) is 3. The summed E-state index contributed by atoms with van der Waals surface area (Å²) < 4.78 is 7.58. The van der Waals surface area contributed by atoms with Gasteiger partial charge in [0.2, 0.25) is 0 Å². The third-order valence-electron chi connectivity index (χ3n) is 2.85. The fourth-order valence-electron chi connectivity index (χ4n) is 1.92. The van der Waals surface area contributed by atoms with E-state index in [0.29, 0.717) is 31.6 Å². The van der Waals surface area contributed by atoms with Crippen LogP contribution in [0.1, 0.15) is 0 Å². The van der Waals surface area contributed by atoms with Crippen LogP contribution in [0.25, 0.3) is 16.6 Å². The van der Waals surface area contributed by atoms with Gasteiger partial charge in [-0.15, -0.1) is 0 Å². The van der Waals surface area contributed by atoms with E-state index in [1.807, 2.05) is 6.20 Å². The predicted octanol–water partition coefficient (Wildman–Crippen LogP) is 4.50. The van der Waals surface area contributed by atoms with E-state index in [1.165, 1.54) is 0 Å². The summed E-state index contributed by atoms with van der Waals surface area (Å²) in [6.45, 7) is 0. The number of fused-ring (bicyclic) bond motifs is 1. The van der Waals surface area contributed by atoms with Gasteiger partial charge in [-0.3, -0.25) is 0 Å². The van der Waals surface area contributed by atoms with E-state index in [4.69, 9.17) is 27.9 Å². The third kappa shape index (κ3) is 2.16. The lowest BCUT2D eigenvalue weighted by Gasteiger charge is -2.05. The number of rotatable bonds is 2. The molecule has 2 aromatic heterocycles. The predicted molar refractivity (Wildman–Crippen MR) is 83.1 cm³/mol. The molecule has 1 aromatic carbocycles. The summed E-state index contributed by atoms with van der Waals surface area (Å²) in [4.78, 5) is 4.20. The highest BCUT2D eigenvalue weighted by Gasteiger charge is 2.15. The van der Waals surface area contributed by atoms with E-state index in [1.54, 1.807) is 36.2 Å². The molecule has 0 amide bonds. The Kier molecular flexibility index (Phi) is 3.58. The van der Waals surface area contributed by atoms with Crippen LogP contribution in [0, 0.1) is 0 Å². The molecule has 102 valence electrons. The molecule has 0 fully saturated rings. The summed E-state index contributed by atoms with van der Waals surface area (Å²) in [5.41, 5.74) is 1.31. The van der Waals surface area contributed by atoms with Crippen molar-refractivity contribution in [3.8, 4) is 11.4 Å². The lowest BCUT2D eigenvalue weighted by molar-refractivity contribution is 0.416. The Balaban J connectivity index is 2.31. The van der Waals surface area contributed by atoms with Gasteiger partial charge in [0.05, 0.1) is 28.7 Å². The van der Waals surface area contributed by atoms with E-state index >= 15 is 0 Å². The molecule has 0 unspecified atom stereocenters. The van der Waals surface area contributed by atoms with Gasteiger partial charge < -0.3 is 4.74 Å². The first-order valence-corrected chi connectivity index (χ1v) is 7.19. The zero-order chi connectivity index (χ0) is 14.3. The van der Waals surface area contributed by atoms with Gasteiger partial charge in [0.15, 0.2) is 5.75 Å². The van der Waals surface area contributed by atoms with Crippen LogP contribution in [0.3, 0.4) is 0 Å². The van der Waals surface area contributed by atoms with E-state index in [9.17, 15) is 0 Å². The number of pyridine rings is 1. The molecule has 0 saturated carbocycles. The Labute approximate surface area is 133 Å². The zero-order valence-corrected chi connectivity index (χ0v) is 13.4. The van der Waals surface area contributed by atoms with E-state index < -0.39 is 0 Å². The Morgan fingerprint density at radius 2 is 1.95 bits per heavy atom. The first-order chi connectivity index (χ1) is 9.61. The average Bonchev–Trinajstić information content (AvgIpc) is 2.84. The van der Waals surface area contributed by atoms with Crippen LogP contribution in [0.15, 0.2) is 35.2 Å². The molecule has 20 heavy (non-hydrogen) atoms. The minimum atomic E-state index is 0.522. The van der Waals surface area contributed by atoms with E-state index in [2.05, 4.69) is 26.0 Å². The fourth-order valence-corrected chi connectivity index (χ4v) is 2.89. The summed E-state index contributed by atoms with van der Waals surface area (Å²) in [5, 5.41) is 6.35. The molecule has 3 aromatic rings. The zero-order valence-electron chi connectivity index (χ0n) is 10.3. The standard InChI is InChI=1S/C13H8BrCl2N3O/c1-20-10-5-17-13(14)7-6-19(18-11(7)10)12-8(15)3-2-4-9(12)16/h2-6H,1H3. The van der Waals surface area contributed by atoms with Crippen LogP contribution in [-0.2, 0) is 0 Å². The molecule has 0 aliphatic heterocycles. The van der Waals surface area contributed by atoms with Gasteiger partial charge in [-0.05, 0) is 28.1 Å². The molecule has 4 nitrogen and oxygen atoms in total. The van der Waals surface area contributed by atoms with Gasteiger partial charge >= 0.3 is 0 Å². The molecule has 0 saturated heterocycles. The van der Waals surface area contributed by atoms with Crippen molar-refractivity contribution in [3.63, 3.8) is 0 Å². The maximum Gasteiger partial charge on any atom is 0.165 e. The van der Waals surface area contributed by atoms with Crippen LogP contribution < -0.4 is 4.74 Å². The molecule has 0 bridgehead atoms. The largest absolute Gasteiger partial charge is 0.493 e. The summed E-state index contributed by atoms with van der Waals surface area (Å²) in [6, 6.07) is 5.31. The first kappa shape index (κ1) is 13.7. The molecule has 2 heterocycles. The fraction of sp³-hybridized carbons (Fsp3) is 0.0769. The Morgan fingerprint density at radius 3 is 2.60 bits per heavy atom. The van der Waals surface area contributed by atoms with Crippen molar-refractivity contribution >= 4 is 50.0 Å².